The number of aromatic nitrogens is 4. The summed E-state index contributed by atoms with van der Waals surface area (Å²) in [5, 5.41) is 0.837. The number of hydrogen-bond donors (Lipinski definition) is 1. The number of rotatable bonds is 3. The standard InChI is InChI=1S/C18H13ClFIN6O/c1-8-15(21)13(14-16(22)24-7-25-17(14)26-8)9-2-3-11(10(20)6-9)28-18-23-5-4-12(19)27-18/h2-8,15H,1H3,(H2,22,24,25,26). The van der Waals surface area contributed by atoms with Crippen LogP contribution in [0.3, 0.4) is 0 Å². The van der Waals surface area contributed by atoms with Crippen LogP contribution in [0.2, 0.25) is 5.15 Å². The van der Waals surface area contributed by atoms with Crippen molar-refractivity contribution in [1.29, 1.82) is 0 Å². The predicted molar refractivity (Wildman–Crippen MR) is 111 cm³/mol. The van der Waals surface area contributed by atoms with Gasteiger partial charge in [0.25, 0.3) is 0 Å². The van der Waals surface area contributed by atoms with E-state index < -0.39 is 5.82 Å². The van der Waals surface area contributed by atoms with E-state index in [0.717, 1.165) is 5.57 Å². The molecule has 1 aliphatic heterocycles. The molecule has 3 heterocycles. The summed E-state index contributed by atoms with van der Waals surface area (Å²) in [6, 6.07) is 6.07. The Balaban J connectivity index is 1.82. The molecule has 0 bridgehead atoms. The van der Waals surface area contributed by atoms with Gasteiger partial charge < -0.3 is 10.5 Å². The maximum atomic E-state index is 14.8. The highest BCUT2D eigenvalue weighted by atomic mass is 127. The van der Waals surface area contributed by atoms with Crippen LogP contribution < -0.4 is 21.2 Å². The second-order valence-corrected chi connectivity index (χ2v) is 7.78. The van der Waals surface area contributed by atoms with Gasteiger partial charge in [0.15, 0.2) is 17.1 Å². The number of alkyl halides is 1. The average Bonchev–Trinajstić information content (AvgIpc) is 2.65. The summed E-state index contributed by atoms with van der Waals surface area (Å²) >= 11 is 8.08. The Morgan fingerprint density at radius 3 is 2.79 bits per heavy atom. The monoisotopic (exact) mass is 510 g/mol. The van der Waals surface area contributed by atoms with Gasteiger partial charge in [0.05, 0.1) is 15.2 Å². The van der Waals surface area contributed by atoms with Crippen LogP contribution >= 0.6 is 34.2 Å². The number of hydrogen-bond acceptors (Lipinski definition) is 7. The Hall–Kier alpha value is -2.40. The Morgan fingerprint density at radius 1 is 1.21 bits per heavy atom. The van der Waals surface area contributed by atoms with Crippen molar-refractivity contribution >= 4 is 45.6 Å². The molecule has 2 N–H and O–H groups in total. The smallest absolute Gasteiger partial charge is 0.323 e. The first-order valence-electron chi connectivity index (χ1n) is 8.23. The summed E-state index contributed by atoms with van der Waals surface area (Å²) in [5.74, 6) is -0.266. The van der Waals surface area contributed by atoms with Gasteiger partial charge in [-0.15, -0.1) is 0 Å². The Morgan fingerprint density at radius 2 is 2.04 bits per heavy atom. The summed E-state index contributed by atoms with van der Waals surface area (Å²) in [6.45, 7) is 1.97. The van der Waals surface area contributed by atoms with E-state index in [2.05, 4.69) is 47.5 Å². The fourth-order valence-corrected chi connectivity index (χ4v) is 3.87. The maximum Gasteiger partial charge on any atom is 0.323 e. The highest BCUT2D eigenvalue weighted by Crippen LogP contribution is 2.31. The Labute approximate surface area is 177 Å². The number of nitrogens with zero attached hydrogens (tertiary/aromatic N) is 5. The quantitative estimate of drug-likeness (QED) is 0.330. The third kappa shape index (κ3) is 3.51. The summed E-state index contributed by atoms with van der Waals surface area (Å²) in [7, 11) is 0. The first kappa shape index (κ1) is 18.9. The fourth-order valence-electron chi connectivity index (χ4n) is 2.91. The van der Waals surface area contributed by atoms with Gasteiger partial charge in [0, 0.05) is 6.20 Å². The lowest BCUT2D eigenvalue weighted by molar-refractivity contribution is 0.411. The second kappa shape index (κ2) is 7.55. The lowest BCUT2D eigenvalue weighted by Crippen LogP contribution is -2.43. The maximum absolute atomic E-state index is 14.8. The number of nitrogen functional groups attached to an aromatic ring is 1. The van der Waals surface area contributed by atoms with E-state index in [0.29, 0.717) is 22.1 Å². The molecule has 7 nitrogen and oxygen atoms in total. The van der Waals surface area contributed by atoms with Gasteiger partial charge in [-0.3, -0.25) is 4.99 Å². The normalized spacial score (nSPS) is 18.4. The number of anilines is 1. The number of fused-ring (bicyclic) bond motifs is 1. The van der Waals surface area contributed by atoms with E-state index in [1.807, 2.05) is 6.92 Å². The molecule has 0 aliphatic carbocycles. The van der Waals surface area contributed by atoms with Crippen LogP contribution in [0.5, 0.6) is 11.8 Å². The van der Waals surface area contributed by atoms with Crippen LogP contribution in [-0.4, -0.2) is 29.9 Å². The van der Waals surface area contributed by atoms with Crippen LogP contribution in [0.4, 0.5) is 10.2 Å². The molecule has 0 spiro atoms. The molecule has 142 valence electrons. The molecule has 1 aliphatic rings. The third-order valence-electron chi connectivity index (χ3n) is 4.19. The van der Waals surface area contributed by atoms with Crippen LogP contribution in [-0.2, 0) is 0 Å². The van der Waals surface area contributed by atoms with E-state index in [1.165, 1.54) is 30.7 Å². The first-order chi connectivity index (χ1) is 13.4. The molecular weight excluding hydrogens is 498 g/mol. The predicted octanol–water partition coefficient (Wildman–Crippen LogP) is 2.46. The van der Waals surface area contributed by atoms with Gasteiger partial charge in [-0.05, 0) is 36.3 Å². The molecule has 0 saturated heterocycles. The van der Waals surface area contributed by atoms with Crippen molar-refractivity contribution in [3.63, 3.8) is 0 Å². The van der Waals surface area contributed by atoms with Gasteiger partial charge in [0.2, 0.25) is 0 Å². The molecule has 2 atom stereocenters. The van der Waals surface area contributed by atoms with Crippen LogP contribution in [0.25, 0.3) is 5.57 Å². The molecule has 2 unspecified atom stereocenters. The lowest BCUT2D eigenvalue weighted by Gasteiger charge is -2.23. The van der Waals surface area contributed by atoms with Crippen molar-refractivity contribution in [3.8, 4) is 11.8 Å². The Kier molecular flexibility index (Phi) is 5.11. The fraction of sp³-hybridized carbons (Fsp3) is 0.167. The summed E-state index contributed by atoms with van der Waals surface area (Å²) in [4.78, 5) is 20.7. The molecule has 0 saturated carbocycles. The minimum Gasteiger partial charge on any atom is -0.421 e. The number of benzene rings is 1. The van der Waals surface area contributed by atoms with Gasteiger partial charge in [-0.2, -0.15) is 4.98 Å². The molecule has 28 heavy (non-hydrogen) atoms. The molecule has 0 radical (unpaired) electrons. The molecule has 10 heteroatoms. The van der Waals surface area contributed by atoms with Gasteiger partial charge in [-0.1, -0.05) is 40.3 Å². The minimum atomic E-state index is -0.565. The average molecular weight is 511 g/mol. The zero-order valence-corrected chi connectivity index (χ0v) is 17.4. The third-order valence-corrected chi connectivity index (χ3v) is 6.07. The highest BCUT2D eigenvalue weighted by Gasteiger charge is 2.26. The SMILES string of the molecule is CC1N=c2ncnc(N)c2=C(c2ccc(Oc3nccc(Cl)n3)c(F)c2)C1I. The van der Waals surface area contributed by atoms with E-state index in [-0.39, 0.29) is 26.9 Å². The lowest BCUT2D eigenvalue weighted by atomic mass is 9.95. The minimum absolute atomic E-state index is 0.0114. The largest absolute Gasteiger partial charge is 0.421 e. The molecule has 2 aromatic heterocycles. The molecule has 0 amide bonds. The van der Waals surface area contributed by atoms with Gasteiger partial charge >= 0.3 is 6.01 Å². The van der Waals surface area contributed by atoms with Crippen molar-refractivity contribution in [2.45, 2.75) is 16.9 Å². The topological polar surface area (TPSA) is 99.2 Å². The van der Waals surface area contributed by atoms with Crippen molar-refractivity contribution in [3.05, 3.63) is 64.0 Å². The number of ether oxygens (including phenoxy) is 1. The van der Waals surface area contributed by atoms with E-state index >= 15 is 0 Å². The van der Waals surface area contributed by atoms with Crippen molar-refractivity contribution in [2.24, 2.45) is 4.99 Å². The summed E-state index contributed by atoms with van der Waals surface area (Å²) in [6.07, 6.45) is 2.80. The second-order valence-electron chi connectivity index (χ2n) is 6.05. The zero-order valence-electron chi connectivity index (χ0n) is 14.5. The van der Waals surface area contributed by atoms with Crippen LogP contribution in [0, 0.1) is 5.82 Å². The summed E-state index contributed by atoms with van der Waals surface area (Å²) < 4.78 is 20.2. The van der Waals surface area contributed by atoms with Crippen molar-refractivity contribution in [2.75, 3.05) is 5.73 Å². The van der Waals surface area contributed by atoms with E-state index in [9.17, 15) is 4.39 Å². The molecule has 3 aromatic rings. The molecule has 4 rings (SSSR count). The number of halogens is 3. The number of nitrogens with two attached hydrogens (primary N) is 1. The van der Waals surface area contributed by atoms with Crippen LogP contribution in [0.1, 0.15) is 12.5 Å². The van der Waals surface area contributed by atoms with Gasteiger partial charge in [-0.25, -0.2) is 19.3 Å². The van der Waals surface area contributed by atoms with Crippen molar-refractivity contribution in [1.82, 2.24) is 19.9 Å². The van der Waals surface area contributed by atoms with Crippen LogP contribution in [0.15, 0.2) is 41.8 Å². The Bertz CT molecular complexity index is 1190. The molecular formula is C18H13ClFIN6O. The van der Waals surface area contributed by atoms with E-state index in [1.54, 1.807) is 6.07 Å². The highest BCUT2D eigenvalue weighted by molar-refractivity contribution is 14.1. The summed E-state index contributed by atoms with van der Waals surface area (Å²) in [5.41, 5.74) is 8.08. The molecule has 1 aromatic carbocycles. The zero-order chi connectivity index (χ0) is 19.8. The first-order valence-corrected chi connectivity index (χ1v) is 9.85. The van der Waals surface area contributed by atoms with E-state index in [4.69, 9.17) is 22.1 Å². The van der Waals surface area contributed by atoms with Gasteiger partial charge in [0.1, 0.15) is 17.3 Å². The molecule has 0 fully saturated rings. The van der Waals surface area contributed by atoms with Crippen molar-refractivity contribution < 1.29 is 9.13 Å².